The van der Waals surface area contributed by atoms with Crippen LogP contribution in [0.1, 0.15) is 39.0 Å². The molecule has 2 fully saturated rings. The minimum atomic E-state index is -0.332. The van der Waals surface area contributed by atoms with Crippen molar-refractivity contribution in [2.45, 2.75) is 45.1 Å². The van der Waals surface area contributed by atoms with Crippen molar-refractivity contribution in [3.05, 3.63) is 28.2 Å². The van der Waals surface area contributed by atoms with Gasteiger partial charge in [0.25, 0.3) is 0 Å². The summed E-state index contributed by atoms with van der Waals surface area (Å²) in [5.41, 5.74) is 0.579. The molecule has 0 radical (unpaired) electrons. The van der Waals surface area contributed by atoms with Crippen LogP contribution < -0.4 is 10.2 Å². The van der Waals surface area contributed by atoms with Gasteiger partial charge in [-0.2, -0.15) is 0 Å². The second-order valence-electron chi connectivity index (χ2n) is 6.86. The fraction of sp³-hybridized carbons (Fsp3) is 0.556. The molecule has 2 amide bonds. The van der Waals surface area contributed by atoms with Crippen LogP contribution in [0.4, 0.5) is 5.69 Å². The third kappa shape index (κ3) is 3.55. The number of halogens is 2. The van der Waals surface area contributed by atoms with E-state index >= 15 is 0 Å². The van der Waals surface area contributed by atoms with E-state index in [-0.39, 0.29) is 30.2 Å². The zero-order valence-electron chi connectivity index (χ0n) is 13.7. The fourth-order valence-corrected chi connectivity index (χ4v) is 4.05. The van der Waals surface area contributed by atoms with Gasteiger partial charge in [-0.15, -0.1) is 0 Å². The monoisotopic (exact) mass is 368 g/mol. The van der Waals surface area contributed by atoms with E-state index in [0.717, 1.165) is 19.3 Å². The Bertz CT molecular complexity index is 650. The van der Waals surface area contributed by atoms with Crippen LogP contribution in [-0.2, 0) is 9.59 Å². The molecule has 2 aliphatic rings. The number of hydrogen-bond donors (Lipinski definition) is 1. The molecule has 1 aliphatic carbocycles. The molecule has 1 saturated carbocycles. The van der Waals surface area contributed by atoms with E-state index in [1.807, 2.05) is 0 Å². The molecule has 3 rings (SSSR count). The lowest BCUT2D eigenvalue weighted by atomic mass is 9.85. The second-order valence-corrected chi connectivity index (χ2v) is 7.64. The van der Waals surface area contributed by atoms with Crippen LogP contribution in [0.5, 0.6) is 0 Å². The summed E-state index contributed by atoms with van der Waals surface area (Å²) in [6.45, 7) is 2.54. The highest BCUT2D eigenvalue weighted by molar-refractivity contribution is 6.44. The molecule has 4 nitrogen and oxygen atoms in total. The number of amides is 2. The van der Waals surface area contributed by atoms with Crippen molar-refractivity contribution >= 4 is 40.7 Å². The zero-order valence-corrected chi connectivity index (χ0v) is 15.2. The van der Waals surface area contributed by atoms with E-state index in [1.54, 1.807) is 23.1 Å². The SMILES string of the molecule is C[C@@H]1CCCC[C@H]1NC(=O)[C@@H]1CC(=O)N(c2cccc(Cl)c2Cl)C1. The Morgan fingerprint density at radius 1 is 1.25 bits per heavy atom. The quantitative estimate of drug-likeness (QED) is 0.874. The van der Waals surface area contributed by atoms with Crippen molar-refractivity contribution in [3.63, 3.8) is 0 Å². The molecular weight excluding hydrogens is 347 g/mol. The van der Waals surface area contributed by atoms with Crippen LogP contribution in [0, 0.1) is 11.8 Å². The highest BCUT2D eigenvalue weighted by Crippen LogP contribution is 2.36. The Hall–Kier alpha value is -1.26. The van der Waals surface area contributed by atoms with E-state index in [0.29, 0.717) is 28.2 Å². The van der Waals surface area contributed by atoms with Gasteiger partial charge in [0.05, 0.1) is 21.7 Å². The van der Waals surface area contributed by atoms with E-state index in [2.05, 4.69) is 12.2 Å². The predicted octanol–water partition coefficient (Wildman–Crippen LogP) is 4.04. The van der Waals surface area contributed by atoms with Gasteiger partial charge in [-0.05, 0) is 30.9 Å². The number of anilines is 1. The molecule has 1 aromatic rings. The standard InChI is InChI=1S/C18H22Cl2N2O2/c1-11-5-2-3-7-14(11)21-18(24)12-9-16(23)22(10-12)15-8-4-6-13(19)17(15)20/h4,6,8,11-12,14H,2-3,5,7,9-10H2,1H3,(H,21,24)/t11-,12-,14-/m1/s1. The van der Waals surface area contributed by atoms with Crippen molar-refractivity contribution in [3.8, 4) is 0 Å². The second kappa shape index (κ2) is 7.32. The van der Waals surface area contributed by atoms with Gasteiger partial charge in [0, 0.05) is 19.0 Å². The molecule has 1 saturated heterocycles. The summed E-state index contributed by atoms with van der Waals surface area (Å²) in [5.74, 6) is 0.0544. The maximum Gasteiger partial charge on any atom is 0.227 e. The molecule has 1 N–H and O–H groups in total. The lowest BCUT2D eigenvalue weighted by Crippen LogP contribution is -2.44. The van der Waals surface area contributed by atoms with Gasteiger partial charge in [-0.3, -0.25) is 9.59 Å². The number of rotatable bonds is 3. The number of hydrogen-bond acceptors (Lipinski definition) is 2. The molecule has 0 aromatic heterocycles. The first-order valence-electron chi connectivity index (χ1n) is 8.52. The summed E-state index contributed by atoms with van der Waals surface area (Å²) in [6, 6.07) is 5.43. The summed E-state index contributed by atoms with van der Waals surface area (Å²) in [7, 11) is 0. The van der Waals surface area contributed by atoms with Gasteiger partial charge >= 0.3 is 0 Å². The summed E-state index contributed by atoms with van der Waals surface area (Å²) in [4.78, 5) is 26.5. The first kappa shape index (κ1) is 17.6. The minimum absolute atomic E-state index is 0.0252. The van der Waals surface area contributed by atoms with Crippen molar-refractivity contribution in [2.75, 3.05) is 11.4 Å². The molecule has 3 atom stereocenters. The molecule has 1 heterocycles. The fourth-order valence-electron chi connectivity index (χ4n) is 3.65. The van der Waals surface area contributed by atoms with E-state index in [4.69, 9.17) is 23.2 Å². The molecule has 0 bridgehead atoms. The Morgan fingerprint density at radius 3 is 2.75 bits per heavy atom. The Labute approximate surface area is 152 Å². The van der Waals surface area contributed by atoms with Crippen LogP contribution in [0.25, 0.3) is 0 Å². The molecule has 1 aromatic carbocycles. The van der Waals surface area contributed by atoms with Gasteiger partial charge in [-0.1, -0.05) is 49.0 Å². The van der Waals surface area contributed by atoms with Crippen LogP contribution in [-0.4, -0.2) is 24.4 Å². The van der Waals surface area contributed by atoms with E-state index < -0.39 is 0 Å². The van der Waals surface area contributed by atoms with Crippen molar-refractivity contribution < 1.29 is 9.59 Å². The van der Waals surface area contributed by atoms with Crippen molar-refractivity contribution in [1.29, 1.82) is 0 Å². The zero-order chi connectivity index (χ0) is 17.3. The first-order chi connectivity index (χ1) is 11.5. The van der Waals surface area contributed by atoms with Crippen molar-refractivity contribution in [1.82, 2.24) is 5.32 Å². The van der Waals surface area contributed by atoms with Crippen LogP contribution in [0.2, 0.25) is 10.0 Å². The van der Waals surface area contributed by atoms with E-state index in [9.17, 15) is 9.59 Å². The maximum absolute atomic E-state index is 12.6. The maximum atomic E-state index is 12.6. The smallest absolute Gasteiger partial charge is 0.227 e. The van der Waals surface area contributed by atoms with Gasteiger partial charge in [0.15, 0.2) is 0 Å². The Morgan fingerprint density at radius 2 is 2.00 bits per heavy atom. The number of carbonyl (C=O) groups excluding carboxylic acids is 2. The molecule has 6 heteroatoms. The summed E-state index contributed by atoms with van der Waals surface area (Å²) in [5, 5.41) is 3.92. The van der Waals surface area contributed by atoms with Gasteiger partial charge in [0.1, 0.15) is 0 Å². The number of nitrogens with one attached hydrogen (secondary N) is 1. The van der Waals surface area contributed by atoms with E-state index in [1.165, 1.54) is 6.42 Å². The topological polar surface area (TPSA) is 49.4 Å². The molecule has 130 valence electrons. The summed E-state index contributed by atoms with van der Waals surface area (Å²) < 4.78 is 0. The molecule has 24 heavy (non-hydrogen) atoms. The van der Waals surface area contributed by atoms with Gasteiger partial charge < -0.3 is 10.2 Å². The number of nitrogens with zero attached hydrogens (tertiary/aromatic N) is 1. The summed E-state index contributed by atoms with van der Waals surface area (Å²) >= 11 is 12.2. The average Bonchev–Trinajstić information content (AvgIpc) is 2.94. The number of benzene rings is 1. The molecule has 1 aliphatic heterocycles. The van der Waals surface area contributed by atoms with Gasteiger partial charge in [-0.25, -0.2) is 0 Å². The molecule has 0 spiro atoms. The Kier molecular flexibility index (Phi) is 5.36. The van der Waals surface area contributed by atoms with Crippen LogP contribution in [0.3, 0.4) is 0 Å². The van der Waals surface area contributed by atoms with Crippen LogP contribution in [0.15, 0.2) is 18.2 Å². The van der Waals surface area contributed by atoms with Crippen LogP contribution >= 0.6 is 23.2 Å². The lowest BCUT2D eigenvalue weighted by molar-refractivity contribution is -0.127. The minimum Gasteiger partial charge on any atom is -0.353 e. The third-order valence-corrected chi connectivity index (χ3v) is 5.97. The third-order valence-electron chi connectivity index (χ3n) is 5.16. The Balaban J connectivity index is 1.68. The lowest BCUT2D eigenvalue weighted by Gasteiger charge is -2.30. The first-order valence-corrected chi connectivity index (χ1v) is 9.27. The summed E-state index contributed by atoms with van der Waals surface area (Å²) in [6.07, 6.45) is 4.78. The average molecular weight is 369 g/mol. The predicted molar refractivity (Wildman–Crippen MR) is 96.5 cm³/mol. The van der Waals surface area contributed by atoms with Gasteiger partial charge in [0.2, 0.25) is 11.8 Å². The molecular formula is C18H22Cl2N2O2. The normalized spacial score (nSPS) is 27.4. The molecule has 0 unspecified atom stereocenters. The highest BCUT2D eigenvalue weighted by atomic mass is 35.5. The largest absolute Gasteiger partial charge is 0.353 e. The highest BCUT2D eigenvalue weighted by Gasteiger charge is 2.37. The number of carbonyl (C=O) groups is 2. The van der Waals surface area contributed by atoms with Crippen molar-refractivity contribution in [2.24, 2.45) is 11.8 Å².